The summed E-state index contributed by atoms with van der Waals surface area (Å²) in [5, 5.41) is 59.8. The summed E-state index contributed by atoms with van der Waals surface area (Å²) in [7, 11) is 1.35. The van der Waals surface area contributed by atoms with Crippen LogP contribution in [0, 0.1) is 11.8 Å². The molecule has 11 atom stereocenters. The quantitative estimate of drug-likeness (QED) is 0.173. The maximum atomic E-state index is 12.9. The normalized spacial score (nSPS) is 42.7. The Kier molecular flexibility index (Phi) is 6.59. The fourth-order valence-corrected chi connectivity index (χ4v) is 5.28. The average Bonchev–Trinajstić information content (AvgIpc) is 3.56. The summed E-state index contributed by atoms with van der Waals surface area (Å²) in [6.07, 6.45) is -7.19. The molecule has 13 nitrogen and oxygen atoms in total. The highest BCUT2D eigenvalue weighted by molar-refractivity contribution is 5.90. The summed E-state index contributed by atoms with van der Waals surface area (Å²) in [5.41, 5.74) is -1.03. The Bertz CT molecular complexity index is 1010. The number of methoxy groups -OCH3 is 1. The van der Waals surface area contributed by atoms with Gasteiger partial charge >= 0.3 is 5.97 Å². The Hall–Kier alpha value is -2.49. The molecule has 0 spiro atoms. The summed E-state index contributed by atoms with van der Waals surface area (Å²) < 4.78 is 33.4. The molecule has 1 aromatic rings. The van der Waals surface area contributed by atoms with Crippen molar-refractivity contribution in [2.45, 2.75) is 54.8 Å². The summed E-state index contributed by atoms with van der Waals surface area (Å²) >= 11 is 0. The second-order valence-electron chi connectivity index (χ2n) is 9.18. The number of aliphatic hydroxyl groups is 5. The van der Waals surface area contributed by atoms with Crippen LogP contribution >= 0.6 is 0 Å². The van der Waals surface area contributed by atoms with Crippen LogP contribution in [0.15, 0.2) is 30.5 Å². The van der Waals surface area contributed by atoms with Gasteiger partial charge in [0.1, 0.15) is 42.2 Å². The third kappa shape index (κ3) is 3.92. The van der Waals surface area contributed by atoms with Crippen molar-refractivity contribution in [3.05, 3.63) is 36.1 Å². The number of hydrogen-bond donors (Lipinski definition) is 6. The zero-order valence-electron chi connectivity index (χ0n) is 19.1. The molecule has 4 aliphatic rings. The van der Waals surface area contributed by atoms with Crippen LogP contribution in [0.5, 0.6) is 11.5 Å². The number of phenols is 1. The van der Waals surface area contributed by atoms with Gasteiger partial charge in [-0.3, -0.25) is 0 Å². The van der Waals surface area contributed by atoms with E-state index in [2.05, 4.69) is 0 Å². The number of epoxide rings is 1. The minimum atomic E-state index is -1.66. The molecule has 13 heteroatoms. The van der Waals surface area contributed by atoms with E-state index >= 15 is 0 Å². The summed E-state index contributed by atoms with van der Waals surface area (Å²) in [6, 6.07) is 4.02. The molecule has 6 N–H and O–H groups in total. The SMILES string of the molecule is COc1cc(C(=O)O[C@@H]2[C@@H]3C=CO[C@H](O[C@@H]4O[C@H](CO)[C@@H](O)[C@H](O)[C@H]4O)[C@@H]3[C@]3(CO)O[C@@H]23)ccc1O. The smallest absolute Gasteiger partial charge is 0.338 e. The van der Waals surface area contributed by atoms with Crippen molar-refractivity contribution in [2.75, 3.05) is 20.3 Å². The fourth-order valence-electron chi connectivity index (χ4n) is 5.28. The van der Waals surface area contributed by atoms with E-state index < -0.39 is 85.8 Å². The van der Waals surface area contributed by atoms with Crippen LogP contribution in [-0.2, 0) is 23.7 Å². The first-order valence-electron chi connectivity index (χ1n) is 11.4. The maximum Gasteiger partial charge on any atom is 0.338 e. The molecule has 0 radical (unpaired) electrons. The van der Waals surface area contributed by atoms with Gasteiger partial charge in [-0.25, -0.2) is 4.79 Å². The van der Waals surface area contributed by atoms with Crippen molar-refractivity contribution in [2.24, 2.45) is 11.8 Å². The highest BCUT2D eigenvalue weighted by Crippen LogP contribution is 2.60. The van der Waals surface area contributed by atoms with E-state index in [0.29, 0.717) is 0 Å². The molecule has 0 bridgehead atoms. The lowest BCUT2D eigenvalue weighted by Crippen LogP contribution is -2.60. The van der Waals surface area contributed by atoms with Crippen molar-refractivity contribution in [1.29, 1.82) is 0 Å². The zero-order valence-corrected chi connectivity index (χ0v) is 19.1. The van der Waals surface area contributed by atoms with E-state index in [-0.39, 0.29) is 17.1 Å². The molecule has 0 aromatic heterocycles. The molecule has 1 saturated carbocycles. The lowest BCUT2D eigenvalue weighted by atomic mass is 9.85. The van der Waals surface area contributed by atoms with E-state index in [9.17, 15) is 35.4 Å². The number of rotatable bonds is 7. The van der Waals surface area contributed by atoms with Gasteiger partial charge in [-0.1, -0.05) is 0 Å². The van der Waals surface area contributed by atoms with Crippen LogP contribution in [0.3, 0.4) is 0 Å². The highest BCUT2D eigenvalue weighted by atomic mass is 16.8. The van der Waals surface area contributed by atoms with Gasteiger partial charge in [0.2, 0.25) is 6.29 Å². The number of hydrogen-bond acceptors (Lipinski definition) is 13. The Morgan fingerprint density at radius 2 is 1.89 bits per heavy atom. The van der Waals surface area contributed by atoms with Crippen molar-refractivity contribution < 1.29 is 63.9 Å². The van der Waals surface area contributed by atoms with Crippen LogP contribution in [0.2, 0.25) is 0 Å². The van der Waals surface area contributed by atoms with Gasteiger partial charge in [0.15, 0.2) is 17.8 Å². The molecule has 0 unspecified atom stereocenters. The standard InChI is InChI=1S/C23H28O13/c1-31-12-6-9(2-3-11(12)26)20(30)34-18-10-4-5-32-21(14(10)23(8-25)19(18)36-23)35-22-17(29)16(28)15(27)13(7-24)33-22/h2-6,10,13-19,21-22,24-29H,7-8H2,1H3/t10-,13-,14-,15-,16+,17-,18-,19+,21-,22+,23+/m1/s1. The third-order valence-electron chi connectivity index (χ3n) is 7.26. The topological polar surface area (TPSA) is 197 Å². The monoisotopic (exact) mass is 512 g/mol. The first kappa shape index (κ1) is 25.2. The maximum absolute atomic E-state index is 12.9. The van der Waals surface area contributed by atoms with Gasteiger partial charge in [0, 0.05) is 5.92 Å². The molecular weight excluding hydrogens is 484 g/mol. The molecule has 1 aliphatic carbocycles. The number of ether oxygens (including phenoxy) is 6. The number of aliphatic hydroxyl groups excluding tert-OH is 5. The third-order valence-corrected chi connectivity index (χ3v) is 7.26. The number of benzene rings is 1. The number of phenolic OH excluding ortho intramolecular Hbond substituents is 1. The van der Waals surface area contributed by atoms with Gasteiger partial charge in [-0.2, -0.15) is 0 Å². The molecule has 3 aliphatic heterocycles. The van der Waals surface area contributed by atoms with Gasteiger partial charge in [-0.15, -0.1) is 0 Å². The van der Waals surface area contributed by atoms with E-state index in [1.807, 2.05) is 0 Å². The molecule has 3 heterocycles. The Labute approximate surface area is 205 Å². The molecule has 36 heavy (non-hydrogen) atoms. The van der Waals surface area contributed by atoms with E-state index in [1.54, 1.807) is 6.08 Å². The number of fused-ring (bicyclic) bond motifs is 3. The lowest BCUT2D eigenvalue weighted by molar-refractivity contribution is -0.344. The van der Waals surface area contributed by atoms with Gasteiger partial charge in [-0.05, 0) is 24.3 Å². The van der Waals surface area contributed by atoms with Crippen molar-refractivity contribution in [3.8, 4) is 11.5 Å². The average molecular weight is 512 g/mol. The molecular formula is C23H28O13. The van der Waals surface area contributed by atoms with E-state index in [4.69, 9.17) is 28.4 Å². The first-order chi connectivity index (χ1) is 17.2. The minimum absolute atomic E-state index is 0.0973. The Morgan fingerprint density at radius 1 is 1.11 bits per heavy atom. The second-order valence-corrected chi connectivity index (χ2v) is 9.18. The molecule has 0 amide bonds. The molecule has 3 fully saturated rings. The first-order valence-corrected chi connectivity index (χ1v) is 11.4. The number of aromatic hydroxyl groups is 1. The van der Waals surface area contributed by atoms with Crippen LogP contribution in [0.25, 0.3) is 0 Å². The second kappa shape index (κ2) is 9.43. The number of carbonyl (C=O) groups is 1. The fraction of sp³-hybridized carbons (Fsp3) is 0.609. The minimum Gasteiger partial charge on any atom is -0.504 e. The Morgan fingerprint density at radius 3 is 2.58 bits per heavy atom. The van der Waals surface area contributed by atoms with Gasteiger partial charge < -0.3 is 59.1 Å². The molecule has 1 aromatic carbocycles. The largest absolute Gasteiger partial charge is 0.504 e. The lowest BCUT2D eigenvalue weighted by Gasteiger charge is -2.43. The van der Waals surface area contributed by atoms with E-state index in [0.717, 1.165) is 0 Å². The predicted octanol–water partition coefficient (Wildman–Crippen LogP) is -2.01. The summed E-state index contributed by atoms with van der Waals surface area (Å²) in [6.45, 7) is -1.07. The molecule has 198 valence electrons. The highest BCUT2D eigenvalue weighted by Gasteiger charge is 2.77. The van der Waals surface area contributed by atoms with Gasteiger partial charge in [0.05, 0.1) is 38.1 Å². The van der Waals surface area contributed by atoms with Crippen molar-refractivity contribution in [3.63, 3.8) is 0 Å². The summed E-state index contributed by atoms with van der Waals surface area (Å²) in [5.74, 6) is -1.95. The number of carbonyl (C=O) groups excluding carboxylic acids is 1. The van der Waals surface area contributed by atoms with Crippen LogP contribution in [0.1, 0.15) is 10.4 Å². The predicted molar refractivity (Wildman–Crippen MR) is 114 cm³/mol. The summed E-state index contributed by atoms with van der Waals surface area (Å²) in [4.78, 5) is 12.9. The van der Waals surface area contributed by atoms with Crippen LogP contribution in [0.4, 0.5) is 0 Å². The number of esters is 1. The Balaban J connectivity index is 1.35. The molecule has 5 rings (SSSR count). The zero-order chi connectivity index (χ0) is 25.8. The van der Waals surface area contributed by atoms with Crippen LogP contribution < -0.4 is 4.74 Å². The van der Waals surface area contributed by atoms with Gasteiger partial charge in [0.25, 0.3) is 0 Å². The molecule has 2 saturated heterocycles. The van der Waals surface area contributed by atoms with Crippen molar-refractivity contribution in [1.82, 2.24) is 0 Å². The van der Waals surface area contributed by atoms with E-state index in [1.165, 1.54) is 31.6 Å². The van der Waals surface area contributed by atoms with Crippen molar-refractivity contribution >= 4 is 5.97 Å². The van der Waals surface area contributed by atoms with Crippen LogP contribution in [-0.4, -0.2) is 112 Å².